The molecule has 1 aromatic heterocycles. The van der Waals surface area contributed by atoms with Crippen molar-refractivity contribution < 1.29 is 4.79 Å². The van der Waals surface area contributed by atoms with Gasteiger partial charge in [0, 0.05) is 30.9 Å². The van der Waals surface area contributed by atoms with Gasteiger partial charge in [-0.25, -0.2) is 0 Å². The average molecular weight is 221 g/mol. The Morgan fingerprint density at radius 1 is 1.56 bits per heavy atom. The van der Waals surface area contributed by atoms with Crippen molar-refractivity contribution in [3.63, 3.8) is 0 Å². The predicted octanol–water partition coefficient (Wildman–Crippen LogP) is 1.22. The molecule has 0 fully saturated rings. The SMILES string of the molecule is CC(C)(N)CCC(=O)NCc1cccnc1. The van der Waals surface area contributed by atoms with E-state index in [2.05, 4.69) is 10.3 Å². The molecular formula is C12H19N3O. The molecule has 0 saturated carbocycles. The van der Waals surface area contributed by atoms with Gasteiger partial charge in [-0.05, 0) is 31.9 Å². The van der Waals surface area contributed by atoms with Gasteiger partial charge in [0.25, 0.3) is 0 Å². The van der Waals surface area contributed by atoms with Crippen LogP contribution in [0.4, 0.5) is 0 Å². The third kappa shape index (κ3) is 5.46. The lowest BCUT2D eigenvalue weighted by atomic mass is 10.00. The fraction of sp³-hybridized carbons (Fsp3) is 0.500. The van der Waals surface area contributed by atoms with Crippen molar-refractivity contribution in [2.45, 2.75) is 38.8 Å². The number of nitrogens with zero attached hydrogens (tertiary/aromatic N) is 1. The summed E-state index contributed by atoms with van der Waals surface area (Å²) in [7, 11) is 0. The minimum Gasteiger partial charge on any atom is -0.352 e. The van der Waals surface area contributed by atoms with Gasteiger partial charge in [-0.1, -0.05) is 6.07 Å². The summed E-state index contributed by atoms with van der Waals surface area (Å²) >= 11 is 0. The topological polar surface area (TPSA) is 68.0 Å². The van der Waals surface area contributed by atoms with Crippen LogP contribution in [-0.2, 0) is 11.3 Å². The Morgan fingerprint density at radius 3 is 2.88 bits per heavy atom. The summed E-state index contributed by atoms with van der Waals surface area (Å²) in [6.07, 6.45) is 4.60. The van der Waals surface area contributed by atoms with Gasteiger partial charge in [0.1, 0.15) is 0 Å². The van der Waals surface area contributed by atoms with Gasteiger partial charge >= 0.3 is 0 Å². The van der Waals surface area contributed by atoms with E-state index in [0.717, 1.165) is 5.56 Å². The number of carbonyl (C=O) groups excluding carboxylic acids is 1. The third-order valence-corrected chi connectivity index (χ3v) is 2.21. The number of pyridine rings is 1. The predicted molar refractivity (Wildman–Crippen MR) is 63.6 cm³/mol. The van der Waals surface area contributed by atoms with E-state index in [9.17, 15) is 4.79 Å². The number of amides is 1. The van der Waals surface area contributed by atoms with E-state index in [-0.39, 0.29) is 11.4 Å². The van der Waals surface area contributed by atoms with Gasteiger partial charge < -0.3 is 11.1 Å². The Bertz CT molecular complexity index is 330. The first-order chi connectivity index (χ1) is 7.47. The molecule has 1 rings (SSSR count). The Kier molecular flexibility index (Phi) is 4.43. The van der Waals surface area contributed by atoms with E-state index >= 15 is 0 Å². The fourth-order valence-electron chi connectivity index (χ4n) is 1.23. The second-order valence-electron chi connectivity index (χ2n) is 4.63. The molecule has 0 atom stereocenters. The van der Waals surface area contributed by atoms with Crippen molar-refractivity contribution in [3.8, 4) is 0 Å². The van der Waals surface area contributed by atoms with Gasteiger partial charge in [-0.15, -0.1) is 0 Å². The summed E-state index contributed by atoms with van der Waals surface area (Å²) < 4.78 is 0. The molecule has 0 aliphatic heterocycles. The van der Waals surface area contributed by atoms with Crippen LogP contribution in [0, 0.1) is 0 Å². The molecule has 0 spiro atoms. The zero-order chi connectivity index (χ0) is 12.0. The van der Waals surface area contributed by atoms with Crippen LogP contribution in [0.5, 0.6) is 0 Å². The van der Waals surface area contributed by atoms with Crippen LogP contribution in [0.15, 0.2) is 24.5 Å². The molecule has 0 saturated heterocycles. The van der Waals surface area contributed by atoms with Crippen LogP contribution in [0.1, 0.15) is 32.3 Å². The summed E-state index contributed by atoms with van der Waals surface area (Å²) in [5.41, 5.74) is 6.52. The number of aromatic nitrogens is 1. The zero-order valence-electron chi connectivity index (χ0n) is 9.86. The van der Waals surface area contributed by atoms with Crippen LogP contribution in [-0.4, -0.2) is 16.4 Å². The molecule has 1 aromatic rings. The lowest BCUT2D eigenvalue weighted by Crippen LogP contribution is -2.34. The largest absolute Gasteiger partial charge is 0.352 e. The molecular weight excluding hydrogens is 202 g/mol. The van der Waals surface area contributed by atoms with Crippen LogP contribution in [0.25, 0.3) is 0 Å². The summed E-state index contributed by atoms with van der Waals surface area (Å²) in [6.45, 7) is 4.36. The van der Waals surface area contributed by atoms with Crippen LogP contribution >= 0.6 is 0 Å². The molecule has 88 valence electrons. The minimum absolute atomic E-state index is 0.0300. The maximum Gasteiger partial charge on any atom is 0.220 e. The number of nitrogens with two attached hydrogens (primary N) is 1. The molecule has 0 radical (unpaired) electrons. The molecule has 0 aromatic carbocycles. The summed E-state index contributed by atoms with van der Waals surface area (Å²) in [4.78, 5) is 15.5. The van der Waals surface area contributed by atoms with E-state index in [1.165, 1.54) is 0 Å². The highest BCUT2D eigenvalue weighted by Crippen LogP contribution is 2.06. The van der Waals surface area contributed by atoms with Gasteiger partial charge in [-0.2, -0.15) is 0 Å². The minimum atomic E-state index is -0.286. The normalized spacial score (nSPS) is 11.2. The molecule has 1 amide bonds. The first-order valence-electron chi connectivity index (χ1n) is 5.42. The molecule has 4 nitrogen and oxygen atoms in total. The summed E-state index contributed by atoms with van der Waals surface area (Å²) in [6, 6.07) is 3.78. The molecule has 0 aliphatic rings. The van der Waals surface area contributed by atoms with Crippen LogP contribution in [0.3, 0.4) is 0 Å². The van der Waals surface area contributed by atoms with E-state index in [0.29, 0.717) is 19.4 Å². The Morgan fingerprint density at radius 2 is 2.31 bits per heavy atom. The lowest BCUT2D eigenvalue weighted by molar-refractivity contribution is -0.121. The quantitative estimate of drug-likeness (QED) is 0.785. The standard InChI is InChI=1S/C12H19N3O/c1-12(2,13)6-5-11(16)15-9-10-4-3-7-14-8-10/h3-4,7-8H,5-6,9,13H2,1-2H3,(H,15,16). The van der Waals surface area contributed by atoms with Gasteiger partial charge in [0.15, 0.2) is 0 Å². The van der Waals surface area contributed by atoms with Gasteiger partial charge in [0.05, 0.1) is 0 Å². The second kappa shape index (κ2) is 5.61. The number of carbonyl (C=O) groups is 1. The first kappa shape index (κ1) is 12.6. The van der Waals surface area contributed by atoms with Crippen molar-refractivity contribution in [1.29, 1.82) is 0 Å². The monoisotopic (exact) mass is 221 g/mol. The Labute approximate surface area is 96.3 Å². The van der Waals surface area contributed by atoms with Crippen molar-refractivity contribution in [3.05, 3.63) is 30.1 Å². The Balaban J connectivity index is 2.26. The number of nitrogens with one attached hydrogen (secondary N) is 1. The van der Waals surface area contributed by atoms with Crippen LogP contribution in [0.2, 0.25) is 0 Å². The maximum absolute atomic E-state index is 11.5. The molecule has 16 heavy (non-hydrogen) atoms. The fourth-order valence-corrected chi connectivity index (χ4v) is 1.23. The second-order valence-corrected chi connectivity index (χ2v) is 4.63. The average Bonchev–Trinajstić information content (AvgIpc) is 2.24. The Hall–Kier alpha value is -1.42. The molecule has 0 aliphatic carbocycles. The van der Waals surface area contributed by atoms with Gasteiger partial charge in [0.2, 0.25) is 5.91 Å². The van der Waals surface area contributed by atoms with E-state index in [1.807, 2.05) is 26.0 Å². The van der Waals surface area contributed by atoms with E-state index in [4.69, 9.17) is 5.73 Å². The zero-order valence-corrected chi connectivity index (χ0v) is 9.86. The number of rotatable bonds is 5. The van der Waals surface area contributed by atoms with Gasteiger partial charge in [-0.3, -0.25) is 9.78 Å². The molecule has 0 unspecified atom stereocenters. The third-order valence-electron chi connectivity index (χ3n) is 2.21. The highest BCUT2D eigenvalue weighted by molar-refractivity contribution is 5.75. The van der Waals surface area contributed by atoms with E-state index in [1.54, 1.807) is 12.4 Å². The van der Waals surface area contributed by atoms with E-state index < -0.39 is 0 Å². The summed E-state index contributed by atoms with van der Waals surface area (Å²) in [5, 5.41) is 2.84. The van der Waals surface area contributed by atoms with Crippen LogP contribution < -0.4 is 11.1 Å². The molecule has 0 bridgehead atoms. The molecule has 1 heterocycles. The smallest absolute Gasteiger partial charge is 0.220 e. The number of hydrogen-bond donors (Lipinski definition) is 2. The van der Waals surface area contributed by atoms with Crippen molar-refractivity contribution in [1.82, 2.24) is 10.3 Å². The highest BCUT2D eigenvalue weighted by Gasteiger charge is 2.12. The highest BCUT2D eigenvalue weighted by atomic mass is 16.1. The molecule has 4 heteroatoms. The van der Waals surface area contributed by atoms with Crippen molar-refractivity contribution in [2.75, 3.05) is 0 Å². The van der Waals surface area contributed by atoms with Crippen molar-refractivity contribution >= 4 is 5.91 Å². The van der Waals surface area contributed by atoms with Crippen molar-refractivity contribution in [2.24, 2.45) is 5.73 Å². The molecule has 3 N–H and O–H groups in total. The maximum atomic E-state index is 11.5. The lowest BCUT2D eigenvalue weighted by Gasteiger charge is -2.17. The first-order valence-corrected chi connectivity index (χ1v) is 5.42. The number of hydrogen-bond acceptors (Lipinski definition) is 3. The summed E-state index contributed by atoms with van der Waals surface area (Å²) in [5.74, 6) is 0.0300.